The molecule has 2 aliphatic heterocycles. The average molecular weight is 353 g/mol. The number of fused-ring (bicyclic) bond motifs is 2. The standard InChI is InChI=1S/C15H17BrN2O3/c16-10-3-1-9(2-4-10)8-17-15(21)18-11-5-6-13(18)12(7-11)14(19)20/h1-4,11-13H,5-8H2,(H,17,21)(H,19,20). The Morgan fingerprint density at radius 2 is 2.00 bits per heavy atom. The van der Waals surface area contributed by atoms with Crippen LogP contribution in [-0.2, 0) is 11.3 Å². The highest BCUT2D eigenvalue weighted by molar-refractivity contribution is 9.10. The molecule has 21 heavy (non-hydrogen) atoms. The smallest absolute Gasteiger partial charge is 0.318 e. The van der Waals surface area contributed by atoms with Gasteiger partial charge in [-0.1, -0.05) is 28.1 Å². The molecule has 2 N–H and O–H groups in total. The molecule has 0 aromatic heterocycles. The maximum Gasteiger partial charge on any atom is 0.318 e. The van der Waals surface area contributed by atoms with Gasteiger partial charge in [0, 0.05) is 23.1 Å². The Morgan fingerprint density at radius 1 is 1.29 bits per heavy atom. The number of nitrogens with zero attached hydrogens (tertiary/aromatic N) is 1. The van der Waals surface area contributed by atoms with Crippen LogP contribution in [0.4, 0.5) is 4.79 Å². The van der Waals surface area contributed by atoms with Crippen molar-refractivity contribution in [1.29, 1.82) is 0 Å². The first-order valence-electron chi connectivity index (χ1n) is 7.09. The van der Waals surface area contributed by atoms with Gasteiger partial charge in [-0.2, -0.15) is 0 Å². The summed E-state index contributed by atoms with van der Waals surface area (Å²) < 4.78 is 1.000. The summed E-state index contributed by atoms with van der Waals surface area (Å²) in [6, 6.07) is 7.56. The molecule has 0 radical (unpaired) electrons. The third-order valence-corrected chi connectivity index (χ3v) is 4.97. The van der Waals surface area contributed by atoms with E-state index in [9.17, 15) is 14.7 Å². The molecule has 2 saturated heterocycles. The monoisotopic (exact) mass is 352 g/mol. The van der Waals surface area contributed by atoms with Crippen molar-refractivity contribution in [1.82, 2.24) is 10.2 Å². The SMILES string of the molecule is O=C(O)C1CC2CCC1N2C(=O)NCc1ccc(Br)cc1. The van der Waals surface area contributed by atoms with Gasteiger partial charge >= 0.3 is 12.0 Å². The number of hydrogen-bond acceptors (Lipinski definition) is 2. The van der Waals surface area contributed by atoms with Crippen molar-refractivity contribution in [3.63, 3.8) is 0 Å². The van der Waals surface area contributed by atoms with Crippen LogP contribution in [-0.4, -0.2) is 34.1 Å². The third kappa shape index (κ3) is 2.77. The molecule has 3 atom stereocenters. The molecule has 0 aliphatic carbocycles. The van der Waals surface area contributed by atoms with E-state index in [1.165, 1.54) is 0 Å². The zero-order valence-corrected chi connectivity index (χ0v) is 13.0. The number of carboxylic acids is 1. The molecule has 3 unspecified atom stereocenters. The normalized spacial score (nSPS) is 26.9. The molecule has 2 fully saturated rings. The Balaban J connectivity index is 1.61. The van der Waals surface area contributed by atoms with Crippen molar-refractivity contribution in [2.24, 2.45) is 5.92 Å². The second kappa shape index (κ2) is 5.67. The van der Waals surface area contributed by atoms with E-state index in [1.807, 2.05) is 24.3 Å². The summed E-state index contributed by atoms with van der Waals surface area (Å²) in [6.07, 6.45) is 2.30. The topological polar surface area (TPSA) is 69.6 Å². The number of carbonyl (C=O) groups excluding carboxylic acids is 1. The van der Waals surface area contributed by atoms with Crippen LogP contribution in [0.1, 0.15) is 24.8 Å². The second-order valence-electron chi connectivity index (χ2n) is 5.67. The Bertz CT molecular complexity index is 561. The lowest BCUT2D eigenvalue weighted by Crippen LogP contribution is -2.44. The average Bonchev–Trinajstić information content (AvgIpc) is 3.04. The van der Waals surface area contributed by atoms with Gasteiger partial charge in [-0.15, -0.1) is 0 Å². The highest BCUT2D eigenvalue weighted by Crippen LogP contribution is 2.41. The molecule has 0 saturated carbocycles. The first-order valence-corrected chi connectivity index (χ1v) is 7.89. The molecule has 1 aromatic carbocycles. The molecule has 2 heterocycles. The number of halogens is 1. The van der Waals surface area contributed by atoms with Gasteiger partial charge in [-0.05, 0) is 37.0 Å². The van der Waals surface area contributed by atoms with Crippen molar-refractivity contribution in [2.75, 3.05) is 0 Å². The van der Waals surface area contributed by atoms with Crippen molar-refractivity contribution in [2.45, 2.75) is 37.9 Å². The van der Waals surface area contributed by atoms with Crippen molar-refractivity contribution in [3.05, 3.63) is 34.3 Å². The highest BCUT2D eigenvalue weighted by Gasteiger charge is 2.51. The summed E-state index contributed by atoms with van der Waals surface area (Å²) in [5.41, 5.74) is 1.02. The van der Waals surface area contributed by atoms with Gasteiger partial charge < -0.3 is 15.3 Å². The lowest BCUT2D eigenvalue weighted by atomic mass is 9.89. The summed E-state index contributed by atoms with van der Waals surface area (Å²) in [5.74, 6) is -1.19. The Morgan fingerprint density at radius 3 is 2.62 bits per heavy atom. The predicted molar refractivity (Wildman–Crippen MR) is 80.8 cm³/mol. The molecule has 2 bridgehead atoms. The molecule has 0 spiro atoms. The number of carbonyl (C=O) groups is 2. The molecule has 3 rings (SSSR count). The summed E-state index contributed by atoms with van der Waals surface area (Å²) in [7, 11) is 0. The molecule has 112 valence electrons. The molecule has 2 amide bonds. The van der Waals surface area contributed by atoms with E-state index in [4.69, 9.17) is 0 Å². The third-order valence-electron chi connectivity index (χ3n) is 4.45. The number of rotatable bonds is 3. The van der Waals surface area contributed by atoms with Crippen LogP contribution in [0.15, 0.2) is 28.7 Å². The van der Waals surface area contributed by atoms with Crippen molar-refractivity contribution < 1.29 is 14.7 Å². The van der Waals surface area contributed by atoms with E-state index in [0.29, 0.717) is 13.0 Å². The number of urea groups is 1. The Labute approximate surface area is 131 Å². The minimum absolute atomic E-state index is 0.0843. The van der Waals surface area contributed by atoms with Crippen LogP contribution >= 0.6 is 15.9 Å². The van der Waals surface area contributed by atoms with Gasteiger partial charge in [0.2, 0.25) is 0 Å². The minimum Gasteiger partial charge on any atom is -0.481 e. The van der Waals surface area contributed by atoms with E-state index in [1.54, 1.807) is 4.90 Å². The first kappa shape index (κ1) is 14.4. The summed E-state index contributed by atoms with van der Waals surface area (Å²) in [6.45, 7) is 0.458. The van der Waals surface area contributed by atoms with Crippen LogP contribution in [0.5, 0.6) is 0 Å². The van der Waals surface area contributed by atoms with Gasteiger partial charge in [0.05, 0.1) is 5.92 Å². The molecule has 5 nitrogen and oxygen atoms in total. The number of aliphatic carboxylic acids is 1. The molecule has 2 aliphatic rings. The zero-order chi connectivity index (χ0) is 15.0. The van der Waals surface area contributed by atoms with Crippen molar-refractivity contribution >= 4 is 27.9 Å². The maximum absolute atomic E-state index is 12.3. The fourth-order valence-electron chi connectivity index (χ4n) is 3.44. The van der Waals surface area contributed by atoms with Gasteiger partial charge in [0.1, 0.15) is 0 Å². The summed E-state index contributed by atoms with van der Waals surface area (Å²) >= 11 is 3.37. The number of hydrogen-bond donors (Lipinski definition) is 2. The molecular weight excluding hydrogens is 336 g/mol. The number of nitrogens with one attached hydrogen (secondary N) is 1. The van der Waals surface area contributed by atoms with E-state index in [0.717, 1.165) is 22.9 Å². The number of amides is 2. The Hall–Kier alpha value is -1.56. The fourth-order valence-corrected chi connectivity index (χ4v) is 3.71. The van der Waals surface area contributed by atoms with Crippen LogP contribution in [0.2, 0.25) is 0 Å². The molecule has 1 aromatic rings. The Kier molecular flexibility index (Phi) is 3.89. The highest BCUT2D eigenvalue weighted by atomic mass is 79.9. The maximum atomic E-state index is 12.3. The van der Waals surface area contributed by atoms with Crippen molar-refractivity contribution in [3.8, 4) is 0 Å². The predicted octanol–water partition coefficient (Wildman–Crippen LogP) is 2.60. The second-order valence-corrected chi connectivity index (χ2v) is 6.59. The molecular formula is C15H17BrN2O3. The van der Waals surface area contributed by atoms with Gasteiger partial charge in [-0.3, -0.25) is 4.79 Å². The minimum atomic E-state index is -0.784. The molecule has 6 heteroatoms. The van der Waals surface area contributed by atoms with E-state index >= 15 is 0 Å². The van der Waals surface area contributed by atoms with Crippen LogP contribution in [0, 0.1) is 5.92 Å². The lowest BCUT2D eigenvalue weighted by Gasteiger charge is -2.23. The summed E-state index contributed by atoms with van der Waals surface area (Å²) in [4.78, 5) is 25.3. The van der Waals surface area contributed by atoms with Gasteiger partial charge in [-0.25, -0.2) is 4.79 Å². The van der Waals surface area contributed by atoms with Crippen LogP contribution in [0.25, 0.3) is 0 Å². The van der Waals surface area contributed by atoms with E-state index in [2.05, 4.69) is 21.2 Å². The number of carboxylic acid groups (broad SMARTS) is 1. The van der Waals surface area contributed by atoms with Crippen LogP contribution < -0.4 is 5.32 Å². The van der Waals surface area contributed by atoms with Crippen LogP contribution in [0.3, 0.4) is 0 Å². The zero-order valence-electron chi connectivity index (χ0n) is 11.5. The van der Waals surface area contributed by atoms with Gasteiger partial charge in [0.25, 0.3) is 0 Å². The largest absolute Gasteiger partial charge is 0.481 e. The summed E-state index contributed by atoms with van der Waals surface area (Å²) in [5, 5.41) is 12.1. The van der Waals surface area contributed by atoms with E-state index < -0.39 is 11.9 Å². The quantitative estimate of drug-likeness (QED) is 0.878. The number of benzene rings is 1. The lowest BCUT2D eigenvalue weighted by molar-refractivity contribution is -0.142. The fraction of sp³-hybridized carbons (Fsp3) is 0.467. The van der Waals surface area contributed by atoms with E-state index in [-0.39, 0.29) is 18.1 Å². The van der Waals surface area contributed by atoms with Gasteiger partial charge in [0.15, 0.2) is 0 Å². The first-order chi connectivity index (χ1) is 10.1.